The minimum atomic E-state index is -0.666. The number of carbonyl (C=O) groups is 1. The number of rotatable bonds is 5. The third-order valence-corrected chi connectivity index (χ3v) is 7.08. The van der Waals surface area contributed by atoms with Crippen molar-refractivity contribution in [3.8, 4) is 5.75 Å². The van der Waals surface area contributed by atoms with Gasteiger partial charge in [-0.25, -0.2) is 14.8 Å². The van der Waals surface area contributed by atoms with Crippen molar-refractivity contribution in [3.05, 3.63) is 102 Å². The fourth-order valence-corrected chi connectivity index (χ4v) is 5.40. The Hall–Kier alpha value is -4.04. The molecule has 5 rings (SSSR count). The maximum absolute atomic E-state index is 13.7. The molecule has 0 saturated carbocycles. The molecule has 7 nitrogen and oxygen atoms in total. The molecular formula is C28H25N3O4S. The highest BCUT2D eigenvalue weighted by Gasteiger charge is 2.33. The van der Waals surface area contributed by atoms with Gasteiger partial charge in [0, 0.05) is 5.39 Å². The number of fused-ring (bicyclic) bond motifs is 2. The molecule has 0 amide bonds. The van der Waals surface area contributed by atoms with Crippen molar-refractivity contribution in [3.63, 3.8) is 0 Å². The zero-order valence-corrected chi connectivity index (χ0v) is 21.3. The van der Waals surface area contributed by atoms with Gasteiger partial charge in [0.25, 0.3) is 5.56 Å². The summed E-state index contributed by atoms with van der Waals surface area (Å²) in [6.45, 7) is 5.79. The normalized spacial score (nSPS) is 15.6. The van der Waals surface area contributed by atoms with Gasteiger partial charge in [-0.15, -0.1) is 0 Å². The number of carbonyl (C=O) groups excluding carboxylic acids is 1. The summed E-state index contributed by atoms with van der Waals surface area (Å²) in [5, 5.41) is 1.04. The van der Waals surface area contributed by atoms with Gasteiger partial charge in [-0.1, -0.05) is 41.2 Å². The van der Waals surface area contributed by atoms with Crippen LogP contribution in [-0.4, -0.2) is 29.2 Å². The largest absolute Gasteiger partial charge is 0.497 e. The van der Waals surface area contributed by atoms with Gasteiger partial charge in [-0.3, -0.25) is 9.36 Å². The van der Waals surface area contributed by atoms with Crippen LogP contribution in [0.25, 0.3) is 17.0 Å². The summed E-state index contributed by atoms with van der Waals surface area (Å²) < 4.78 is 12.7. The van der Waals surface area contributed by atoms with Crippen LogP contribution in [0.3, 0.4) is 0 Å². The number of nitrogens with zero attached hydrogens (tertiary/aromatic N) is 3. The van der Waals surface area contributed by atoms with Gasteiger partial charge in [0.15, 0.2) is 4.80 Å². The Balaban J connectivity index is 1.68. The molecule has 3 heterocycles. The molecule has 1 aliphatic heterocycles. The van der Waals surface area contributed by atoms with Crippen molar-refractivity contribution in [1.29, 1.82) is 0 Å². The van der Waals surface area contributed by atoms with Crippen LogP contribution in [0, 0.1) is 6.92 Å². The maximum atomic E-state index is 13.7. The fourth-order valence-electron chi connectivity index (χ4n) is 4.37. The second-order valence-electron chi connectivity index (χ2n) is 8.51. The molecule has 1 atom stereocenters. The van der Waals surface area contributed by atoms with E-state index in [2.05, 4.69) is 11.1 Å². The lowest BCUT2D eigenvalue weighted by atomic mass is 9.96. The molecule has 2 aromatic carbocycles. The van der Waals surface area contributed by atoms with Gasteiger partial charge in [-0.05, 0) is 62.7 Å². The lowest BCUT2D eigenvalue weighted by Crippen LogP contribution is -2.39. The first-order chi connectivity index (χ1) is 17.4. The smallest absolute Gasteiger partial charge is 0.338 e. The Morgan fingerprint density at radius 2 is 1.89 bits per heavy atom. The number of aryl methyl sites for hydroxylation is 1. The zero-order valence-electron chi connectivity index (χ0n) is 20.4. The average molecular weight is 500 g/mol. The molecule has 4 aromatic rings. The molecule has 36 heavy (non-hydrogen) atoms. The third-order valence-electron chi connectivity index (χ3n) is 6.09. The molecule has 2 aromatic heterocycles. The number of esters is 1. The van der Waals surface area contributed by atoms with Crippen LogP contribution < -0.4 is 19.6 Å². The van der Waals surface area contributed by atoms with Crippen LogP contribution in [0.5, 0.6) is 5.75 Å². The van der Waals surface area contributed by atoms with Crippen LogP contribution in [-0.2, 0) is 9.53 Å². The Morgan fingerprint density at radius 1 is 1.11 bits per heavy atom. The number of hydrogen-bond donors (Lipinski definition) is 0. The van der Waals surface area contributed by atoms with E-state index >= 15 is 0 Å². The van der Waals surface area contributed by atoms with E-state index in [1.807, 2.05) is 55.5 Å². The van der Waals surface area contributed by atoms with E-state index in [1.54, 1.807) is 31.6 Å². The summed E-state index contributed by atoms with van der Waals surface area (Å²) in [5.74, 6) is 0.197. The Morgan fingerprint density at radius 3 is 2.61 bits per heavy atom. The van der Waals surface area contributed by atoms with Crippen molar-refractivity contribution >= 4 is 34.3 Å². The van der Waals surface area contributed by atoms with Gasteiger partial charge < -0.3 is 9.47 Å². The van der Waals surface area contributed by atoms with Gasteiger partial charge in [0.05, 0.1) is 46.8 Å². The lowest BCUT2D eigenvalue weighted by molar-refractivity contribution is -0.139. The van der Waals surface area contributed by atoms with E-state index in [4.69, 9.17) is 14.5 Å². The second-order valence-corrected chi connectivity index (χ2v) is 9.52. The summed E-state index contributed by atoms with van der Waals surface area (Å²) >= 11 is 1.28. The standard InChI is InChI=1S/C28H25N3O4S/c1-5-35-27(33)24-17(3)29-28-31(25(24)18-8-11-21(34-4)12-9-18)26(32)23(36-28)15-20-10-7-19-14-16(2)6-13-22(19)30-20/h6-15,25H,5H2,1-4H3/b23-15-/t25-/m0/s1. The number of benzene rings is 2. The number of hydrogen-bond acceptors (Lipinski definition) is 7. The average Bonchev–Trinajstić information content (AvgIpc) is 3.17. The molecule has 0 unspecified atom stereocenters. The van der Waals surface area contributed by atoms with E-state index < -0.39 is 12.0 Å². The molecule has 0 radical (unpaired) electrons. The Kier molecular flexibility index (Phi) is 6.28. The van der Waals surface area contributed by atoms with E-state index in [0.29, 0.717) is 32.0 Å². The van der Waals surface area contributed by atoms with Gasteiger partial charge in [0.2, 0.25) is 0 Å². The number of allylic oxidation sites excluding steroid dienone is 1. The predicted molar refractivity (Wildman–Crippen MR) is 140 cm³/mol. The maximum Gasteiger partial charge on any atom is 0.338 e. The number of aromatic nitrogens is 2. The van der Waals surface area contributed by atoms with E-state index in [-0.39, 0.29) is 12.2 Å². The topological polar surface area (TPSA) is 82.8 Å². The highest BCUT2D eigenvalue weighted by Crippen LogP contribution is 2.31. The molecule has 8 heteroatoms. The second kappa shape index (κ2) is 9.54. The SMILES string of the molecule is CCOC(=O)C1=C(C)N=c2s/c(=C\c3ccc4cc(C)ccc4n3)c(=O)n2[C@H]1c1ccc(OC)cc1. The summed E-state index contributed by atoms with van der Waals surface area (Å²) in [6, 6.07) is 16.6. The molecule has 0 bridgehead atoms. The fraction of sp³-hybridized carbons (Fsp3) is 0.214. The van der Waals surface area contributed by atoms with Crippen LogP contribution in [0.1, 0.15) is 36.7 Å². The highest BCUT2D eigenvalue weighted by atomic mass is 32.1. The number of thiazole rings is 1. The van der Waals surface area contributed by atoms with Crippen LogP contribution in [0.4, 0.5) is 0 Å². The quantitative estimate of drug-likeness (QED) is 0.392. The predicted octanol–water partition coefficient (Wildman–Crippen LogP) is 3.66. The molecule has 182 valence electrons. The third kappa shape index (κ3) is 4.24. The van der Waals surface area contributed by atoms with Crippen LogP contribution in [0.2, 0.25) is 0 Å². The summed E-state index contributed by atoms with van der Waals surface area (Å²) in [5.41, 5.74) is 4.11. The van der Waals surface area contributed by atoms with Crippen LogP contribution in [0.15, 0.2) is 75.7 Å². The van der Waals surface area contributed by atoms with E-state index in [0.717, 1.165) is 22.0 Å². The van der Waals surface area contributed by atoms with Crippen molar-refractivity contribution in [2.75, 3.05) is 13.7 Å². The van der Waals surface area contributed by atoms with Crippen LogP contribution >= 0.6 is 11.3 Å². The van der Waals surface area contributed by atoms with Crippen molar-refractivity contribution in [1.82, 2.24) is 9.55 Å². The lowest BCUT2D eigenvalue weighted by Gasteiger charge is -2.24. The number of methoxy groups -OCH3 is 1. The van der Waals surface area contributed by atoms with Gasteiger partial charge in [0.1, 0.15) is 5.75 Å². The highest BCUT2D eigenvalue weighted by molar-refractivity contribution is 7.07. The molecule has 0 aliphatic carbocycles. The Bertz CT molecular complexity index is 1700. The van der Waals surface area contributed by atoms with Crippen molar-refractivity contribution in [2.24, 2.45) is 4.99 Å². The first kappa shape index (κ1) is 23.7. The molecule has 0 fully saturated rings. The first-order valence-electron chi connectivity index (χ1n) is 11.6. The summed E-state index contributed by atoms with van der Waals surface area (Å²) in [4.78, 5) is 36.6. The van der Waals surface area contributed by atoms with Crippen molar-refractivity contribution in [2.45, 2.75) is 26.8 Å². The molecule has 0 spiro atoms. The van der Waals surface area contributed by atoms with Gasteiger partial charge in [-0.2, -0.15) is 0 Å². The molecular weight excluding hydrogens is 474 g/mol. The number of ether oxygens (including phenoxy) is 2. The van der Waals surface area contributed by atoms with Crippen molar-refractivity contribution < 1.29 is 14.3 Å². The first-order valence-corrected chi connectivity index (χ1v) is 12.4. The monoisotopic (exact) mass is 499 g/mol. The zero-order chi connectivity index (χ0) is 25.4. The molecule has 0 saturated heterocycles. The Labute approximate surface area is 211 Å². The number of pyridine rings is 1. The van der Waals surface area contributed by atoms with E-state index in [1.165, 1.54) is 11.3 Å². The molecule has 1 aliphatic rings. The van der Waals surface area contributed by atoms with Gasteiger partial charge >= 0.3 is 5.97 Å². The summed E-state index contributed by atoms with van der Waals surface area (Å²) in [6.07, 6.45) is 1.78. The minimum absolute atomic E-state index is 0.225. The molecule has 0 N–H and O–H groups in total. The van der Waals surface area contributed by atoms with E-state index in [9.17, 15) is 9.59 Å². The minimum Gasteiger partial charge on any atom is -0.497 e. The summed E-state index contributed by atoms with van der Waals surface area (Å²) in [7, 11) is 1.59.